The minimum atomic E-state index is -4.41. The first-order valence-corrected chi connectivity index (χ1v) is 11.7. The highest BCUT2D eigenvalue weighted by molar-refractivity contribution is 8.00. The number of imidazole rings is 1. The van der Waals surface area contributed by atoms with Gasteiger partial charge in [0.15, 0.2) is 6.23 Å². The smallest absolute Gasteiger partial charge is 0.446 e. The molecule has 182 valence electrons. The van der Waals surface area contributed by atoms with Crippen molar-refractivity contribution in [2.45, 2.75) is 36.4 Å². The zero-order valence-corrected chi connectivity index (χ0v) is 19.3. The number of hydrogen-bond donors (Lipinski definition) is 1. The molecule has 1 aliphatic rings. The van der Waals surface area contributed by atoms with E-state index >= 15 is 0 Å². The molecule has 2 aromatic heterocycles. The molecule has 7 nitrogen and oxygen atoms in total. The first-order chi connectivity index (χ1) is 16.2. The van der Waals surface area contributed by atoms with Gasteiger partial charge >= 0.3 is 11.2 Å². The zero-order chi connectivity index (χ0) is 24.3. The van der Waals surface area contributed by atoms with E-state index in [9.17, 15) is 23.1 Å². The number of aromatic hydroxyl groups is 1. The lowest BCUT2D eigenvalue weighted by molar-refractivity contribution is -0.0328. The Morgan fingerprint density at radius 1 is 1.12 bits per heavy atom. The summed E-state index contributed by atoms with van der Waals surface area (Å²) >= 11 is -0.242. The number of likely N-dealkylation sites (tertiary alicyclic amines) is 1. The van der Waals surface area contributed by atoms with E-state index in [2.05, 4.69) is 9.88 Å². The number of benzene rings is 1. The third-order valence-electron chi connectivity index (χ3n) is 5.73. The average molecular weight is 495 g/mol. The lowest BCUT2D eigenvalue weighted by atomic mass is 10.2. The molecule has 0 amide bonds. The molecule has 3 aromatic rings. The molecule has 0 aliphatic carbocycles. The van der Waals surface area contributed by atoms with Crippen molar-refractivity contribution in [1.29, 1.82) is 0 Å². The van der Waals surface area contributed by atoms with Crippen molar-refractivity contribution in [3.8, 4) is 11.6 Å². The van der Waals surface area contributed by atoms with E-state index in [1.54, 1.807) is 31.5 Å². The monoisotopic (exact) mass is 494 g/mol. The predicted molar refractivity (Wildman–Crippen MR) is 122 cm³/mol. The third kappa shape index (κ3) is 5.48. The second kappa shape index (κ2) is 10.2. The van der Waals surface area contributed by atoms with Gasteiger partial charge in [0.1, 0.15) is 0 Å². The van der Waals surface area contributed by atoms with Gasteiger partial charge in [-0.3, -0.25) is 9.55 Å². The van der Waals surface area contributed by atoms with Crippen LogP contribution in [-0.2, 0) is 4.74 Å². The van der Waals surface area contributed by atoms with Gasteiger partial charge in [0, 0.05) is 29.4 Å². The van der Waals surface area contributed by atoms with E-state index in [1.165, 1.54) is 28.8 Å². The molecule has 0 spiro atoms. The van der Waals surface area contributed by atoms with Crippen LogP contribution in [0.3, 0.4) is 0 Å². The van der Waals surface area contributed by atoms with Crippen LogP contribution in [0.4, 0.5) is 13.2 Å². The molecule has 1 atom stereocenters. The summed E-state index contributed by atoms with van der Waals surface area (Å²) in [5.41, 5.74) is -3.75. The van der Waals surface area contributed by atoms with Gasteiger partial charge in [0.05, 0.1) is 18.0 Å². The molecule has 4 rings (SSSR count). The summed E-state index contributed by atoms with van der Waals surface area (Å²) in [5.74, 6) is -0.302. The Labute approximate surface area is 198 Å². The molecule has 1 fully saturated rings. The molecule has 11 heteroatoms. The van der Waals surface area contributed by atoms with Crippen LogP contribution in [0.2, 0.25) is 0 Å². The average Bonchev–Trinajstić information content (AvgIpc) is 3.39. The maximum atomic E-state index is 13.4. The van der Waals surface area contributed by atoms with Crippen LogP contribution in [0.15, 0.2) is 58.5 Å². The Bertz CT molecular complexity index is 1160. The van der Waals surface area contributed by atoms with Gasteiger partial charge in [-0.1, -0.05) is 0 Å². The largest absolute Gasteiger partial charge is 0.493 e. The number of rotatable bonds is 8. The van der Waals surface area contributed by atoms with Crippen LogP contribution in [0.1, 0.15) is 30.3 Å². The molecule has 0 radical (unpaired) electrons. The SMILES string of the molecule is Cc1c(O)n(-c2ccc(SC(F)(F)F)cc2)c(=O)n1C(OCCN1CCCC1)c1ccncc1. The first kappa shape index (κ1) is 24.4. The number of pyridine rings is 1. The Kier molecular flexibility index (Phi) is 7.34. The van der Waals surface area contributed by atoms with Crippen LogP contribution < -0.4 is 5.69 Å². The van der Waals surface area contributed by atoms with Gasteiger partial charge < -0.3 is 14.7 Å². The van der Waals surface area contributed by atoms with E-state index in [-0.39, 0.29) is 33.9 Å². The lowest BCUT2D eigenvalue weighted by Crippen LogP contribution is -2.32. The van der Waals surface area contributed by atoms with Gasteiger partial charge in [-0.05, 0) is 81.0 Å². The summed E-state index contributed by atoms with van der Waals surface area (Å²) in [6.45, 7) is 4.73. The second-order valence-electron chi connectivity index (χ2n) is 7.99. The van der Waals surface area contributed by atoms with Gasteiger partial charge in [-0.15, -0.1) is 0 Å². The number of thioether (sulfide) groups is 1. The maximum Gasteiger partial charge on any atom is 0.446 e. The normalized spacial score (nSPS) is 15.6. The first-order valence-electron chi connectivity index (χ1n) is 10.9. The van der Waals surface area contributed by atoms with Gasteiger partial charge in [0.2, 0.25) is 5.88 Å². The summed E-state index contributed by atoms with van der Waals surface area (Å²) in [7, 11) is 0. The molecule has 3 heterocycles. The van der Waals surface area contributed by atoms with Crippen molar-refractivity contribution in [3.63, 3.8) is 0 Å². The van der Waals surface area contributed by atoms with Gasteiger partial charge in [0.25, 0.3) is 0 Å². The molecular formula is C23H25F3N4O3S. The minimum absolute atomic E-state index is 0.0140. The molecule has 0 bridgehead atoms. The van der Waals surface area contributed by atoms with Gasteiger partial charge in [-0.25, -0.2) is 9.36 Å². The summed E-state index contributed by atoms with van der Waals surface area (Å²) in [6, 6.07) is 8.75. The van der Waals surface area contributed by atoms with E-state index in [0.717, 1.165) is 37.0 Å². The van der Waals surface area contributed by atoms with Crippen molar-refractivity contribution in [3.05, 3.63) is 70.5 Å². The molecule has 1 saturated heterocycles. The van der Waals surface area contributed by atoms with Gasteiger partial charge in [-0.2, -0.15) is 13.2 Å². The summed E-state index contributed by atoms with van der Waals surface area (Å²) in [4.78, 5) is 19.7. The van der Waals surface area contributed by atoms with Crippen molar-refractivity contribution < 1.29 is 23.0 Å². The fourth-order valence-electron chi connectivity index (χ4n) is 4.06. The Morgan fingerprint density at radius 2 is 1.76 bits per heavy atom. The Morgan fingerprint density at radius 3 is 2.38 bits per heavy atom. The lowest BCUT2D eigenvalue weighted by Gasteiger charge is -2.22. The number of hydrogen-bond acceptors (Lipinski definition) is 6. The zero-order valence-electron chi connectivity index (χ0n) is 18.5. The highest BCUT2D eigenvalue weighted by Gasteiger charge is 2.29. The topological polar surface area (TPSA) is 72.5 Å². The summed E-state index contributed by atoms with van der Waals surface area (Å²) in [5, 5.41) is 10.8. The molecule has 34 heavy (non-hydrogen) atoms. The maximum absolute atomic E-state index is 13.4. The van der Waals surface area contributed by atoms with E-state index in [0.29, 0.717) is 12.2 Å². The fourth-order valence-corrected chi connectivity index (χ4v) is 4.60. The quantitative estimate of drug-likeness (QED) is 0.471. The summed E-state index contributed by atoms with van der Waals surface area (Å²) in [6.07, 6.45) is 4.71. The minimum Gasteiger partial charge on any atom is -0.493 e. The molecule has 1 N–H and O–H groups in total. The molecule has 1 aromatic carbocycles. The van der Waals surface area contributed by atoms with Crippen LogP contribution in [-0.4, -0.2) is 55.9 Å². The van der Waals surface area contributed by atoms with Crippen molar-refractivity contribution >= 4 is 11.8 Å². The van der Waals surface area contributed by atoms with Crippen LogP contribution in [0, 0.1) is 6.92 Å². The standard InChI is InChI=1S/C23H25F3N4O3S/c1-16-20(31)30(18-4-6-19(7-5-18)34-23(24,25)26)22(32)29(16)21(17-8-10-27-11-9-17)33-15-14-28-12-2-3-13-28/h4-11,21,31H,2-3,12-15H2,1H3. The number of ether oxygens (including phenoxy) is 1. The van der Waals surface area contributed by atoms with Crippen molar-refractivity contribution in [2.75, 3.05) is 26.2 Å². The summed E-state index contributed by atoms with van der Waals surface area (Å²) < 4.78 is 46.5. The number of aromatic nitrogens is 3. The molecule has 0 saturated carbocycles. The van der Waals surface area contributed by atoms with E-state index in [1.807, 2.05) is 0 Å². The Hall–Kier alpha value is -2.76. The van der Waals surface area contributed by atoms with E-state index < -0.39 is 17.4 Å². The highest BCUT2D eigenvalue weighted by atomic mass is 32.2. The van der Waals surface area contributed by atoms with E-state index in [4.69, 9.17) is 4.74 Å². The van der Waals surface area contributed by atoms with Crippen molar-refractivity contribution in [2.24, 2.45) is 0 Å². The van der Waals surface area contributed by atoms with Crippen LogP contribution >= 0.6 is 11.8 Å². The highest BCUT2D eigenvalue weighted by Crippen LogP contribution is 2.37. The predicted octanol–water partition coefficient (Wildman–Crippen LogP) is 4.32. The fraction of sp³-hybridized carbons (Fsp3) is 0.391. The Balaban J connectivity index is 1.66. The second-order valence-corrected chi connectivity index (χ2v) is 9.13. The van der Waals surface area contributed by atoms with Crippen LogP contribution in [0.5, 0.6) is 5.88 Å². The number of nitrogens with zero attached hydrogens (tertiary/aromatic N) is 4. The third-order valence-corrected chi connectivity index (χ3v) is 6.47. The molecule has 1 aliphatic heterocycles. The molecule has 1 unspecified atom stereocenters. The van der Waals surface area contributed by atoms with Crippen molar-refractivity contribution in [1.82, 2.24) is 19.0 Å². The number of alkyl halides is 3. The van der Waals surface area contributed by atoms with Crippen LogP contribution in [0.25, 0.3) is 5.69 Å². The number of halogens is 3. The molecular weight excluding hydrogens is 469 g/mol.